The average Bonchev–Trinajstić information content (AvgIpc) is 3.04. The SMILES string of the molecule is Cc1c(C2CC2)nc2c(CN)cccn12. The van der Waals surface area contributed by atoms with Crippen molar-refractivity contribution in [1.82, 2.24) is 9.38 Å². The molecule has 0 saturated heterocycles. The standard InChI is InChI=1S/C12H15N3/c1-8-11(9-4-5-9)14-12-10(7-13)3-2-6-15(8)12/h2-3,6,9H,4-5,7,13H2,1H3. The highest BCUT2D eigenvalue weighted by atomic mass is 15.0. The number of nitrogens with two attached hydrogens (primary N) is 1. The summed E-state index contributed by atoms with van der Waals surface area (Å²) in [4.78, 5) is 4.73. The van der Waals surface area contributed by atoms with E-state index < -0.39 is 0 Å². The lowest BCUT2D eigenvalue weighted by Crippen LogP contribution is -1.99. The van der Waals surface area contributed by atoms with Crippen molar-refractivity contribution < 1.29 is 0 Å². The summed E-state index contributed by atoms with van der Waals surface area (Å²) in [5.74, 6) is 0.704. The van der Waals surface area contributed by atoms with Gasteiger partial charge in [0.15, 0.2) is 0 Å². The first kappa shape index (κ1) is 8.92. The van der Waals surface area contributed by atoms with E-state index in [1.807, 2.05) is 6.07 Å². The number of hydrogen-bond donors (Lipinski definition) is 1. The lowest BCUT2D eigenvalue weighted by atomic mass is 10.2. The molecule has 1 saturated carbocycles. The summed E-state index contributed by atoms with van der Waals surface area (Å²) < 4.78 is 2.16. The Morgan fingerprint density at radius 2 is 2.33 bits per heavy atom. The number of hydrogen-bond acceptors (Lipinski definition) is 2. The molecule has 2 N–H and O–H groups in total. The smallest absolute Gasteiger partial charge is 0.141 e. The molecule has 0 unspecified atom stereocenters. The van der Waals surface area contributed by atoms with E-state index in [0.29, 0.717) is 12.5 Å². The first-order chi connectivity index (χ1) is 7.31. The fraction of sp³-hybridized carbons (Fsp3) is 0.417. The van der Waals surface area contributed by atoms with Crippen LogP contribution in [0.4, 0.5) is 0 Å². The van der Waals surface area contributed by atoms with E-state index >= 15 is 0 Å². The zero-order chi connectivity index (χ0) is 10.4. The molecule has 0 bridgehead atoms. The van der Waals surface area contributed by atoms with Crippen molar-refractivity contribution in [3.63, 3.8) is 0 Å². The van der Waals surface area contributed by atoms with Gasteiger partial charge in [0.1, 0.15) is 5.65 Å². The van der Waals surface area contributed by atoms with Crippen molar-refractivity contribution in [1.29, 1.82) is 0 Å². The highest BCUT2D eigenvalue weighted by molar-refractivity contribution is 5.51. The molecule has 0 aliphatic heterocycles. The van der Waals surface area contributed by atoms with Crippen LogP contribution in [0.15, 0.2) is 18.3 Å². The van der Waals surface area contributed by atoms with Crippen molar-refractivity contribution in [2.24, 2.45) is 5.73 Å². The van der Waals surface area contributed by atoms with Crippen LogP contribution in [0, 0.1) is 6.92 Å². The molecular weight excluding hydrogens is 186 g/mol. The first-order valence-electron chi connectivity index (χ1n) is 5.47. The fourth-order valence-electron chi connectivity index (χ4n) is 2.16. The predicted molar refractivity (Wildman–Crippen MR) is 59.8 cm³/mol. The lowest BCUT2D eigenvalue weighted by Gasteiger charge is -2.00. The summed E-state index contributed by atoms with van der Waals surface area (Å²) >= 11 is 0. The van der Waals surface area contributed by atoms with Gasteiger partial charge in [0, 0.05) is 29.9 Å². The fourth-order valence-corrected chi connectivity index (χ4v) is 2.16. The van der Waals surface area contributed by atoms with Gasteiger partial charge in [0.2, 0.25) is 0 Å². The minimum atomic E-state index is 0.560. The molecule has 3 nitrogen and oxygen atoms in total. The van der Waals surface area contributed by atoms with Gasteiger partial charge in [-0.3, -0.25) is 0 Å². The average molecular weight is 201 g/mol. The Hall–Kier alpha value is -1.35. The third-order valence-corrected chi connectivity index (χ3v) is 3.19. The number of rotatable bonds is 2. The molecule has 0 atom stereocenters. The largest absolute Gasteiger partial charge is 0.326 e. The molecule has 0 aromatic carbocycles. The van der Waals surface area contributed by atoms with Crippen LogP contribution in [0.3, 0.4) is 0 Å². The van der Waals surface area contributed by atoms with E-state index in [9.17, 15) is 0 Å². The van der Waals surface area contributed by atoms with Gasteiger partial charge in [-0.15, -0.1) is 0 Å². The van der Waals surface area contributed by atoms with Crippen molar-refractivity contribution in [3.05, 3.63) is 35.3 Å². The van der Waals surface area contributed by atoms with Crippen molar-refractivity contribution in [3.8, 4) is 0 Å². The van der Waals surface area contributed by atoms with Crippen LogP contribution in [0.2, 0.25) is 0 Å². The van der Waals surface area contributed by atoms with Gasteiger partial charge in [0.05, 0.1) is 5.69 Å². The number of fused-ring (bicyclic) bond motifs is 1. The summed E-state index contributed by atoms with van der Waals surface area (Å²) in [6.07, 6.45) is 4.66. The molecule has 1 fully saturated rings. The Morgan fingerprint density at radius 1 is 1.53 bits per heavy atom. The maximum Gasteiger partial charge on any atom is 0.141 e. The summed E-state index contributed by atoms with van der Waals surface area (Å²) in [6, 6.07) is 4.10. The molecule has 0 radical (unpaired) electrons. The Labute approximate surface area is 88.9 Å². The van der Waals surface area contributed by atoms with Crippen LogP contribution in [0.25, 0.3) is 5.65 Å². The Morgan fingerprint density at radius 3 is 3.00 bits per heavy atom. The van der Waals surface area contributed by atoms with Crippen molar-refractivity contribution in [2.45, 2.75) is 32.2 Å². The van der Waals surface area contributed by atoms with Gasteiger partial charge >= 0.3 is 0 Å². The summed E-state index contributed by atoms with van der Waals surface area (Å²) in [5.41, 5.74) is 10.4. The van der Waals surface area contributed by atoms with Crippen LogP contribution >= 0.6 is 0 Å². The number of aromatic nitrogens is 2. The van der Waals surface area contributed by atoms with Gasteiger partial charge in [-0.05, 0) is 25.8 Å². The van der Waals surface area contributed by atoms with Gasteiger partial charge < -0.3 is 10.1 Å². The number of aryl methyl sites for hydroxylation is 1. The summed E-state index contributed by atoms with van der Waals surface area (Å²) in [7, 11) is 0. The summed E-state index contributed by atoms with van der Waals surface area (Å²) in [5, 5.41) is 0. The van der Waals surface area contributed by atoms with E-state index in [0.717, 1.165) is 11.2 Å². The molecule has 15 heavy (non-hydrogen) atoms. The van der Waals surface area contributed by atoms with Crippen LogP contribution in [0.1, 0.15) is 35.7 Å². The second kappa shape index (κ2) is 3.07. The minimum absolute atomic E-state index is 0.560. The first-order valence-corrected chi connectivity index (χ1v) is 5.47. The molecule has 2 aromatic rings. The molecule has 2 heterocycles. The Balaban J connectivity index is 2.28. The molecule has 0 spiro atoms. The zero-order valence-electron chi connectivity index (χ0n) is 8.90. The van der Waals surface area contributed by atoms with Crippen LogP contribution in [-0.4, -0.2) is 9.38 Å². The highest BCUT2D eigenvalue weighted by Gasteiger charge is 2.28. The normalized spacial score (nSPS) is 16.1. The van der Waals surface area contributed by atoms with Crippen molar-refractivity contribution in [2.75, 3.05) is 0 Å². The second-order valence-electron chi connectivity index (χ2n) is 4.29. The highest BCUT2D eigenvalue weighted by Crippen LogP contribution is 2.41. The van der Waals surface area contributed by atoms with Crippen LogP contribution in [-0.2, 0) is 6.54 Å². The maximum atomic E-state index is 5.71. The quantitative estimate of drug-likeness (QED) is 0.807. The van der Waals surface area contributed by atoms with Crippen LogP contribution < -0.4 is 5.73 Å². The van der Waals surface area contributed by atoms with E-state index in [-0.39, 0.29) is 0 Å². The molecule has 78 valence electrons. The van der Waals surface area contributed by atoms with E-state index in [4.69, 9.17) is 10.7 Å². The van der Waals surface area contributed by atoms with Crippen LogP contribution in [0.5, 0.6) is 0 Å². The van der Waals surface area contributed by atoms with Gasteiger partial charge in [-0.2, -0.15) is 0 Å². The Kier molecular flexibility index (Phi) is 1.83. The summed E-state index contributed by atoms with van der Waals surface area (Å²) in [6.45, 7) is 2.71. The van der Waals surface area contributed by atoms with Gasteiger partial charge in [0.25, 0.3) is 0 Å². The third-order valence-electron chi connectivity index (χ3n) is 3.19. The molecule has 0 amide bonds. The van der Waals surface area contributed by atoms with Crippen molar-refractivity contribution >= 4 is 5.65 Å². The number of imidazole rings is 1. The number of nitrogens with zero attached hydrogens (tertiary/aromatic N) is 2. The lowest BCUT2D eigenvalue weighted by molar-refractivity contribution is 1.01. The van der Waals surface area contributed by atoms with E-state index in [1.165, 1.54) is 24.2 Å². The molecule has 3 heteroatoms. The second-order valence-corrected chi connectivity index (χ2v) is 4.29. The molecule has 1 aliphatic rings. The molecular formula is C12H15N3. The molecule has 3 rings (SSSR count). The topological polar surface area (TPSA) is 43.3 Å². The molecule has 1 aliphatic carbocycles. The van der Waals surface area contributed by atoms with Gasteiger partial charge in [-0.25, -0.2) is 4.98 Å². The van der Waals surface area contributed by atoms with E-state index in [2.05, 4.69) is 23.6 Å². The maximum absolute atomic E-state index is 5.71. The van der Waals surface area contributed by atoms with E-state index in [1.54, 1.807) is 0 Å². The Bertz CT molecular complexity index is 509. The predicted octanol–water partition coefficient (Wildman–Crippen LogP) is 1.98. The molecule has 2 aromatic heterocycles. The zero-order valence-corrected chi connectivity index (χ0v) is 8.90. The van der Waals surface area contributed by atoms with Gasteiger partial charge in [-0.1, -0.05) is 6.07 Å². The number of pyridine rings is 1. The minimum Gasteiger partial charge on any atom is -0.326 e. The monoisotopic (exact) mass is 201 g/mol. The third kappa shape index (κ3) is 1.27.